The lowest BCUT2D eigenvalue weighted by Gasteiger charge is -2.14. The summed E-state index contributed by atoms with van der Waals surface area (Å²) in [5.74, 6) is 0.614. The van der Waals surface area contributed by atoms with Crippen LogP contribution in [0.25, 0.3) is 0 Å². The lowest BCUT2D eigenvalue weighted by molar-refractivity contribution is 0.0872. The topological polar surface area (TPSA) is 63.2 Å². The summed E-state index contributed by atoms with van der Waals surface area (Å²) < 4.78 is 5.28. The number of carbonyl (C=O) groups is 1. The maximum absolute atomic E-state index is 12.1. The second-order valence-electron chi connectivity index (χ2n) is 4.37. The van der Waals surface area contributed by atoms with E-state index in [1.54, 1.807) is 13.1 Å². The van der Waals surface area contributed by atoms with Crippen molar-refractivity contribution < 1.29 is 9.53 Å². The van der Waals surface area contributed by atoms with Crippen LogP contribution in [0.5, 0.6) is 0 Å². The van der Waals surface area contributed by atoms with Crippen LogP contribution in [0.1, 0.15) is 36.8 Å². The summed E-state index contributed by atoms with van der Waals surface area (Å²) >= 11 is 0. The zero-order valence-corrected chi connectivity index (χ0v) is 12.1. The van der Waals surface area contributed by atoms with Gasteiger partial charge in [0, 0.05) is 31.0 Å². The number of aromatic nitrogens is 1. The summed E-state index contributed by atoms with van der Waals surface area (Å²) in [5.41, 5.74) is 1.52. The number of hydrogen-bond acceptors (Lipinski definition) is 4. The highest BCUT2D eigenvalue weighted by molar-refractivity contribution is 5.95. The fourth-order valence-corrected chi connectivity index (χ4v) is 1.67. The largest absolute Gasteiger partial charge is 0.380 e. The van der Waals surface area contributed by atoms with Crippen molar-refractivity contribution in [3.8, 4) is 0 Å². The molecule has 19 heavy (non-hydrogen) atoms. The molecule has 1 atom stereocenters. The van der Waals surface area contributed by atoms with Gasteiger partial charge in [-0.05, 0) is 32.4 Å². The molecule has 1 aromatic rings. The average Bonchev–Trinajstić information content (AvgIpc) is 2.44. The van der Waals surface area contributed by atoms with E-state index in [9.17, 15) is 4.79 Å². The Hall–Kier alpha value is -1.62. The van der Waals surface area contributed by atoms with Crippen molar-refractivity contribution in [3.05, 3.63) is 23.4 Å². The van der Waals surface area contributed by atoms with Crippen LogP contribution in [0.3, 0.4) is 0 Å². The number of nitrogens with zero attached hydrogens (tertiary/aromatic N) is 1. The maximum atomic E-state index is 12.1. The molecule has 1 amide bonds. The molecule has 0 aliphatic heterocycles. The van der Waals surface area contributed by atoms with Crippen LogP contribution >= 0.6 is 0 Å². The first-order chi connectivity index (χ1) is 9.10. The molecule has 0 aromatic carbocycles. The predicted octanol–water partition coefficient (Wildman–Crippen LogP) is 1.84. The Kier molecular flexibility index (Phi) is 6.29. The first-order valence-electron chi connectivity index (χ1n) is 6.68. The van der Waals surface area contributed by atoms with Crippen LogP contribution in [-0.2, 0) is 11.2 Å². The van der Waals surface area contributed by atoms with E-state index in [1.165, 1.54) is 0 Å². The van der Waals surface area contributed by atoms with E-state index in [0.717, 1.165) is 12.1 Å². The fourth-order valence-electron chi connectivity index (χ4n) is 1.67. The molecule has 0 aliphatic rings. The molecule has 1 heterocycles. The molecular formula is C14H23N3O2. The summed E-state index contributed by atoms with van der Waals surface area (Å²) in [6.07, 6.45) is 0.796. The third-order valence-corrected chi connectivity index (χ3v) is 2.71. The first-order valence-corrected chi connectivity index (χ1v) is 6.68. The molecule has 1 unspecified atom stereocenters. The number of rotatable bonds is 7. The summed E-state index contributed by atoms with van der Waals surface area (Å²) in [6, 6.07) is 3.56. The number of ether oxygens (including phenoxy) is 1. The lowest BCUT2D eigenvalue weighted by Crippen LogP contribution is -2.36. The van der Waals surface area contributed by atoms with Gasteiger partial charge in [-0.15, -0.1) is 0 Å². The van der Waals surface area contributed by atoms with E-state index < -0.39 is 0 Å². The number of anilines is 1. The van der Waals surface area contributed by atoms with Gasteiger partial charge in [0.2, 0.25) is 0 Å². The molecule has 0 spiro atoms. The summed E-state index contributed by atoms with van der Waals surface area (Å²) in [6.45, 7) is 7.05. The molecule has 2 N–H and O–H groups in total. The monoisotopic (exact) mass is 265 g/mol. The Balaban J connectivity index is 2.75. The minimum Gasteiger partial charge on any atom is -0.380 e. The van der Waals surface area contributed by atoms with Gasteiger partial charge in [0.05, 0.1) is 6.61 Å². The molecule has 106 valence electrons. The zero-order chi connectivity index (χ0) is 14.3. The van der Waals surface area contributed by atoms with Gasteiger partial charge in [-0.1, -0.05) is 6.92 Å². The normalized spacial score (nSPS) is 12.0. The quantitative estimate of drug-likeness (QED) is 0.789. The van der Waals surface area contributed by atoms with Crippen molar-refractivity contribution in [3.63, 3.8) is 0 Å². The summed E-state index contributed by atoms with van der Waals surface area (Å²) in [5, 5.41) is 5.88. The van der Waals surface area contributed by atoms with Gasteiger partial charge < -0.3 is 15.4 Å². The summed E-state index contributed by atoms with van der Waals surface area (Å²) in [4.78, 5) is 16.5. The van der Waals surface area contributed by atoms with Crippen molar-refractivity contribution in [2.75, 3.05) is 25.6 Å². The minimum absolute atomic E-state index is 0.0104. The van der Waals surface area contributed by atoms with Gasteiger partial charge in [-0.3, -0.25) is 4.79 Å². The number of amides is 1. The van der Waals surface area contributed by atoms with E-state index in [0.29, 0.717) is 24.6 Å². The molecular weight excluding hydrogens is 242 g/mol. The Morgan fingerprint density at radius 3 is 2.74 bits per heavy atom. The van der Waals surface area contributed by atoms with E-state index in [1.807, 2.05) is 26.8 Å². The smallest absolute Gasteiger partial charge is 0.251 e. The van der Waals surface area contributed by atoms with E-state index in [-0.39, 0.29) is 11.9 Å². The third kappa shape index (κ3) is 4.87. The Morgan fingerprint density at radius 1 is 1.42 bits per heavy atom. The number of pyridine rings is 1. The van der Waals surface area contributed by atoms with Gasteiger partial charge in [-0.2, -0.15) is 0 Å². The van der Waals surface area contributed by atoms with Crippen LogP contribution in [0.15, 0.2) is 12.1 Å². The highest BCUT2D eigenvalue weighted by Gasteiger charge is 2.12. The van der Waals surface area contributed by atoms with Gasteiger partial charge in [0.15, 0.2) is 0 Å². The van der Waals surface area contributed by atoms with Crippen LogP contribution < -0.4 is 10.6 Å². The number of hydrogen-bond donors (Lipinski definition) is 2. The molecule has 0 bridgehead atoms. The minimum atomic E-state index is -0.0965. The van der Waals surface area contributed by atoms with Gasteiger partial charge >= 0.3 is 0 Å². The number of aryl methyl sites for hydroxylation is 1. The van der Waals surface area contributed by atoms with Gasteiger partial charge in [0.1, 0.15) is 5.82 Å². The van der Waals surface area contributed by atoms with E-state index in [2.05, 4.69) is 15.6 Å². The van der Waals surface area contributed by atoms with Crippen LogP contribution in [0.2, 0.25) is 0 Å². The molecule has 5 nitrogen and oxygen atoms in total. The Morgan fingerprint density at radius 2 is 2.16 bits per heavy atom. The zero-order valence-electron chi connectivity index (χ0n) is 12.1. The lowest BCUT2D eigenvalue weighted by atomic mass is 10.1. The van der Waals surface area contributed by atoms with Crippen LogP contribution in [0.4, 0.5) is 5.82 Å². The number of nitrogens with one attached hydrogen (secondary N) is 2. The molecule has 1 aromatic heterocycles. The average molecular weight is 265 g/mol. The summed E-state index contributed by atoms with van der Waals surface area (Å²) in [7, 11) is 1.79. The molecule has 5 heteroatoms. The molecule has 0 aliphatic carbocycles. The molecule has 1 rings (SSSR count). The van der Waals surface area contributed by atoms with Crippen LogP contribution in [0, 0.1) is 0 Å². The first kappa shape index (κ1) is 15.4. The van der Waals surface area contributed by atoms with E-state index >= 15 is 0 Å². The van der Waals surface area contributed by atoms with Crippen molar-refractivity contribution in [1.82, 2.24) is 10.3 Å². The Bertz CT molecular complexity index is 399. The molecule has 0 fully saturated rings. The Labute approximate surface area is 114 Å². The van der Waals surface area contributed by atoms with E-state index in [4.69, 9.17) is 4.74 Å². The van der Waals surface area contributed by atoms with Crippen molar-refractivity contribution in [2.24, 2.45) is 0 Å². The third-order valence-electron chi connectivity index (χ3n) is 2.71. The van der Waals surface area contributed by atoms with Crippen LogP contribution in [-0.4, -0.2) is 37.2 Å². The predicted molar refractivity (Wildman–Crippen MR) is 76.6 cm³/mol. The van der Waals surface area contributed by atoms with Crippen molar-refractivity contribution >= 4 is 11.7 Å². The van der Waals surface area contributed by atoms with Crippen molar-refractivity contribution in [1.29, 1.82) is 0 Å². The SMILES string of the molecule is CCOCC(C)NC(=O)c1cc(CC)nc(NC)c1. The highest BCUT2D eigenvalue weighted by Crippen LogP contribution is 2.11. The molecule has 0 saturated carbocycles. The highest BCUT2D eigenvalue weighted by atomic mass is 16.5. The molecule has 0 radical (unpaired) electrons. The fraction of sp³-hybridized carbons (Fsp3) is 0.571. The standard InChI is InChI=1S/C14H23N3O2/c1-5-12-7-11(8-13(15-4)17-12)14(18)16-10(3)9-19-6-2/h7-8,10H,5-6,9H2,1-4H3,(H,15,17)(H,16,18). The second-order valence-corrected chi connectivity index (χ2v) is 4.37. The second kappa shape index (κ2) is 7.74. The maximum Gasteiger partial charge on any atom is 0.251 e. The van der Waals surface area contributed by atoms with Gasteiger partial charge in [0.25, 0.3) is 5.91 Å². The number of carbonyl (C=O) groups excluding carboxylic acids is 1. The molecule has 0 saturated heterocycles. The van der Waals surface area contributed by atoms with Crippen molar-refractivity contribution in [2.45, 2.75) is 33.2 Å². The van der Waals surface area contributed by atoms with Gasteiger partial charge in [-0.25, -0.2) is 4.98 Å².